The van der Waals surface area contributed by atoms with E-state index in [1.807, 2.05) is 0 Å². The first kappa shape index (κ1) is 9.86. The molecule has 2 aliphatic rings. The second kappa shape index (κ2) is 2.67. The number of alkyl halides is 1. The van der Waals surface area contributed by atoms with Crippen molar-refractivity contribution in [1.29, 1.82) is 0 Å². The Balaban J connectivity index is 2.30. The van der Waals surface area contributed by atoms with Gasteiger partial charge < -0.3 is 14.7 Å². The van der Waals surface area contributed by atoms with Gasteiger partial charge in [0.25, 0.3) is 5.91 Å². The molecule has 0 aromatic carbocycles. The van der Waals surface area contributed by atoms with Crippen molar-refractivity contribution in [3.63, 3.8) is 0 Å². The van der Waals surface area contributed by atoms with E-state index in [0.717, 1.165) is 0 Å². The second-order valence-corrected chi connectivity index (χ2v) is 4.41. The summed E-state index contributed by atoms with van der Waals surface area (Å²) < 4.78 is 19.2. The Morgan fingerprint density at radius 3 is 2.86 bits per heavy atom. The van der Waals surface area contributed by atoms with Crippen LogP contribution in [-0.4, -0.2) is 46.6 Å². The summed E-state index contributed by atoms with van der Waals surface area (Å²) in [5.41, 5.74) is -2.84. The summed E-state index contributed by atoms with van der Waals surface area (Å²) in [6, 6.07) is -0.227. The number of carbonyl (C=O) groups is 1. The third-order valence-corrected chi connectivity index (χ3v) is 2.99. The van der Waals surface area contributed by atoms with Gasteiger partial charge in [-0.1, -0.05) is 0 Å². The van der Waals surface area contributed by atoms with Crippen LogP contribution in [0.15, 0.2) is 0 Å². The second-order valence-electron chi connectivity index (χ2n) is 4.41. The fourth-order valence-electron chi connectivity index (χ4n) is 2.25. The van der Waals surface area contributed by atoms with Crippen molar-refractivity contribution in [2.24, 2.45) is 0 Å². The first-order valence-corrected chi connectivity index (χ1v) is 4.68. The number of aliphatic hydroxyl groups is 1. The number of nitrogens with zero attached hydrogens (tertiary/aromatic N) is 1. The summed E-state index contributed by atoms with van der Waals surface area (Å²) in [4.78, 5) is 13.1. The molecule has 0 radical (unpaired) electrons. The Labute approximate surface area is 81.6 Å². The smallest absolute Gasteiger partial charge is 0.265 e. The van der Waals surface area contributed by atoms with Crippen LogP contribution in [0.25, 0.3) is 0 Å². The maximum atomic E-state index is 13.8. The zero-order valence-corrected chi connectivity index (χ0v) is 8.29. The molecule has 0 bridgehead atoms. The van der Waals surface area contributed by atoms with Crippen molar-refractivity contribution in [2.45, 2.75) is 37.7 Å². The highest BCUT2D eigenvalue weighted by atomic mass is 19.1. The van der Waals surface area contributed by atoms with E-state index in [0.29, 0.717) is 6.61 Å². The summed E-state index contributed by atoms with van der Waals surface area (Å²) >= 11 is 0. The fraction of sp³-hybridized carbons (Fsp3) is 0.889. The van der Waals surface area contributed by atoms with Crippen LogP contribution in [0.1, 0.15) is 20.3 Å². The molecule has 2 saturated heterocycles. The molecule has 2 fully saturated rings. The minimum absolute atomic E-state index is 0.0335. The van der Waals surface area contributed by atoms with Crippen molar-refractivity contribution in [1.82, 2.24) is 4.90 Å². The first-order valence-electron chi connectivity index (χ1n) is 4.68. The topological polar surface area (TPSA) is 49.8 Å². The Bertz CT molecular complexity index is 281. The van der Waals surface area contributed by atoms with Crippen LogP contribution in [-0.2, 0) is 9.53 Å². The SMILES string of the molecule is CC1(C)OC[C@@H]2C[C@@](F)(CO)C(=O)N21. The molecule has 80 valence electrons. The van der Waals surface area contributed by atoms with Gasteiger partial charge in [-0.2, -0.15) is 0 Å². The molecule has 4 nitrogen and oxygen atoms in total. The maximum Gasteiger partial charge on any atom is 0.265 e. The number of rotatable bonds is 1. The molecule has 5 heteroatoms. The van der Waals surface area contributed by atoms with E-state index >= 15 is 0 Å². The van der Waals surface area contributed by atoms with Gasteiger partial charge in [-0.25, -0.2) is 4.39 Å². The van der Waals surface area contributed by atoms with Gasteiger partial charge >= 0.3 is 0 Å². The van der Waals surface area contributed by atoms with Crippen molar-refractivity contribution in [2.75, 3.05) is 13.2 Å². The van der Waals surface area contributed by atoms with Gasteiger partial charge in [0.1, 0.15) is 5.72 Å². The van der Waals surface area contributed by atoms with Gasteiger partial charge in [0.05, 0.1) is 19.3 Å². The largest absolute Gasteiger partial charge is 0.392 e. The van der Waals surface area contributed by atoms with E-state index in [9.17, 15) is 9.18 Å². The average molecular weight is 203 g/mol. The minimum Gasteiger partial charge on any atom is -0.392 e. The number of fused-ring (bicyclic) bond motifs is 1. The Kier molecular flexibility index (Phi) is 1.88. The van der Waals surface area contributed by atoms with Crippen molar-refractivity contribution in [3.05, 3.63) is 0 Å². The molecule has 2 atom stereocenters. The van der Waals surface area contributed by atoms with Gasteiger partial charge in [0.2, 0.25) is 5.67 Å². The van der Waals surface area contributed by atoms with Gasteiger partial charge in [-0.05, 0) is 13.8 Å². The minimum atomic E-state index is -2.09. The Hall–Kier alpha value is -0.680. The van der Waals surface area contributed by atoms with Crippen LogP contribution in [0, 0.1) is 0 Å². The number of halogens is 1. The van der Waals surface area contributed by atoms with Gasteiger partial charge in [0.15, 0.2) is 0 Å². The predicted molar refractivity (Wildman–Crippen MR) is 46.2 cm³/mol. The number of aliphatic hydroxyl groups excluding tert-OH is 1. The Morgan fingerprint density at radius 2 is 2.36 bits per heavy atom. The highest BCUT2D eigenvalue weighted by molar-refractivity contribution is 5.88. The quantitative estimate of drug-likeness (QED) is 0.655. The van der Waals surface area contributed by atoms with Crippen LogP contribution >= 0.6 is 0 Å². The third-order valence-electron chi connectivity index (χ3n) is 2.99. The molecule has 1 amide bonds. The molecule has 2 heterocycles. The first-order chi connectivity index (χ1) is 6.41. The number of hydrogen-bond acceptors (Lipinski definition) is 3. The molecule has 0 aliphatic carbocycles. The monoisotopic (exact) mass is 203 g/mol. The van der Waals surface area contributed by atoms with Crippen molar-refractivity contribution >= 4 is 5.91 Å². The fourth-order valence-corrected chi connectivity index (χ4v) is 2.25. The molecule has 2 aliphatic heterocycles. The molecular formula is C9H14FNO3. The lowest BCUT2D eigenvalue weighted by Gasteiger charge is -2.30. The van der Waals surface area contributed by atoms with Gasteiger partial charge in [0, 0.05) is 6.42 Å². The highest BCUT2D eigenvalue weighted by Crippen LogP contribution is 2.41. The number of hydrogen-bond donors (Lipinski definition) is 1. The number of amides is 1. The molecule has 0 unspecified atom stereocenters. The van der Waals surface area contributed by atoms with E-state index in [2.05, 4.69) is 0 Å². The van der Waals surface area contributed by atoms with E-state index in [4.69, 9.17) is 9.84 Å². The molecule has 0 aromatic rings. The lowest BCUT2D eigenvalue weighted by Crippen LogP contribution is -2.48. The zero-order valence-electron chi connectivity index (χ0n) is 8.29. The van der Waals surface area contributed by atoms with Crippen LogP contribution in [0.5, 0.6) is 0 Å². The molecule has 2 rings (SSSR count). The summed E-state index contributed by atoms with van der Waals surface area (Å²) in [6.45, 7) is 3.07. The van der Waals surface area contributed by atoms with Gasteiger partial charge in [-0.15, -0.1) is 0 Å². The summed E-state index contributed by atoms with van der Waals surface area (Å²) in [5.74, 6) is -0.646. The van der Waals surface area contributed by atoms with E-state index < -0.39 is 23.9 Å². The third kappa shape index (κ3) is 1.09. The summed E-state index contributed by atoms with van der Waals surface area (Å²) in [7, 11) is 0. The Morgan fingerprint density at radius 1 is 1.71 bits per heavy atom. The summed E-state index contributed by atoms with van der Waals surface area (Å²) in [5, 5.41) is 8.86. The van der Waals surface area contributed by atoms with E-state index in [1.165, 1.54) is 4.90 Å². The molecule has 0 spiro atoms. The molecule has 0 aromatic heterocycles. The van der Waals surface area contributed by atoms with Crippen LogP contribution < -0.4 is 0 Å². The van der Waals surface area contributed by atoms with Crippen LogP contribution in [0.4, 0.5) is 4.39 Å². The maximum absolute atomic E-state index is 13.8. The van der Waals surface area contributed by atoms with Crippen molar-refractivity contribution in [3.8, 4) is 0 Å². The standard InChI is InChI=1S/C9H14FNO3/c1-8(2)11-6(4-14-8)3-9(10,5-12)7(11)13/h6,12H,3-5H2,1-2H3/t6-,9+/m0/s1. The van der Waals surface area contributed by atoms with Crippen molar-refractivity contribution < 1.29 is 19.0 Å². The van der Waals surface area contributed by atoms with E-state index in [-0.39, 0.29) is 12.5 Å². The average Bonchev–Trinajstić information content (AvgIpc) is 2.53. The lowest BCUT2D eigenvalue weighted by molar-refractivity contribution is -0.153. The number of ether oxygens (including phenoxy) is 1. The van der Waals surface area contributed by atoms with Crippen LogP contribution in [0.2, 0.25) is 0 Å². The normalized spacial score (nSPS) is 40.4. The highest BCUT2D eigenvalue weighted by Gasteiger charge is 2.59. The molecular weight excluding hydrogens is 189 g/mol. The van der Waals surface area contributed by atoms with E-state index in [1.54, 1.807) is 13.8 Å². The molecule has 0 saturated carbocycles. The lowest BCUT2D eigenvalue weighted by atomic mass is 10.0. The molecule has 14 heavy (non-hydrogen) atoms. The summed E-state index contributed by atoms with van der Waals surface area (Å²) in [6.07, 6.45) is 0.0335. The van der Waals surface area contributed by atoms with Crippen LogP contribution in [0.3, 0.4) is 0 Å². The zero-order chi connectivity index (χ0) is 10.6. The number of carbonyl (C=O) groups excluding carboxylic acids is 1. The van der Waals surface area contributed by atoms with Gasteiger partial charge in [-0.3, -0.25) is 4.79 Å². The predicted octanol–water partition coefficient (Wildman–Crippen LogP) is 0.0542. The molecule has 1 N–H and O–H groups in total.